The van der Waals surface area contributed by atoms with E-state index in [4.69, 9.17) is 5.21 Å². The molecule has 2 aliphatic rings. The van der Waals surface area contributed by atoms with Crippen LogP contribution in [0.2, 0.25) is 0 Å². The summed E-state index contributed by atoms with van der Waals surface area (Å²) < 4.78 is 22.3. The number of rotatable bonds is 1. The second-order valence-corrected chi connectivity index (χ2v) is 5.11. The maximum Gasteiger partial charge on any atom is 0.269 e. The van der Waals surface area contributed by atoms with E-state index >= 15 is 0 Å². The fraction of sp³-hybridized carbons (Fsp3) is 0.600. The maximum absolute atomic E-state index is 11.2. The molecular weight excluding hydrogens is 198 g/mol. The van der Waals surface area contributed by atoms with Gasteiger partial charge < -0.3 is 5.21 Å². The van der Waals surface area contributed by atoms with E-state index in [1.54, 1.807) is 5.48 Å². The van der Waals surface area contributed by atoms with Gasteiger partial charge in [0, 0.05) is 0 Å². The molecule has 8 heteroatoms. The monoisotopic (exact) mass is 205 g/mol. The van der Waals surface area contributed by atoms with Crippen LogP contribution in [-0.4, -0.2) is 42.3 Å². The van der Waals surface area contributed by atoms with E-state index in [1.165, 1.54) is 0 Å². The molecule has 1 saturated heterocycles. The molecule has 0 aliphatic carbocycles. The highest BCUT2D eigenvalue weighted by Gasteiger charge is 2.56. The van der Waals surface area contributed by atoms with E-state index in [0.717, 1.165) is 0 Å². The molecule has 2 aliphatic heterocycles. The van der Waals surface area contributed by atoms with Crippen molar-refractivity contribution in [3.63, 3.8) is 0 Å². The summed E-state index contributed by atoms with van der Waals surface area (Å²) in [5.74, 6) is -1.37. The van der Waals surface area contributed by atoms with Gasteiger partial charge in [-0.25, -0.2) is 13.8 Å². The fourth-order valence-corrected chi connectivity index (χ4v) is 3.33. The van der Waals surface area contributed by atoms with Gasteiger partial charge in [0.15, 0.2) is 15.4 Å². The Bertz CT molecular complexity index is 400. The van der Waals surface area contributed by atoms with E-state index in [0.29, 0.717) is 0 Å². The summed E-state index contributed by atoms with van der Waals surface area (Å²) in [6.45, 7) is 0. The van der Waals surface area contributed by atoms with Crippen LogP contribution < -0.4 is 10.9 Å². The summed E-state index contributed by atoms with van der Waals surface area (Å²) in [5, 5.41) is 12.3. The lowest BCUT2D eigenvalue weighted by Gasteiger charge is -2.17. The van der Waals surface area contributed by atoms with Crippen LogP contribution in [0.25, 0.3) is 0 Å². The summed E-state index contributed by atoms with van der Waals surface area (Å²) in [5.41, 5.74) is 2.42. The van der Waals surface area contributed by atoms with Crippen LogP contribution in [0.1, 0.15) is 0 Å². The van der Waals surface area contributed by atoms with Crippen LogP contribution in [0.5, 0.6) is 0 Å². The zero-order valence-corrected chi connectivity index (χ0v) is 7.26. The van der Waals surface area contributed by atoms with Gasteiger partial charge in [-0.3, -0.25) is 4.79 Å². The molecule has 2 heterocycles. The molecule has 0 radical (unpaired) electrons. The van der Waals surface area contributed by atoms with Crippen molar-refractivity contribution in [2.45, 2.75) is 5.54 Å². The number of sulfone groups is 1. The summed E-state index contributed by atoms with van der Waals surface area (Å²) in [4.78, 5) is 11.2. The van der Waals surface area contributed by atoms with Crippen molar-refractivity contribution >= 4 is 21.5 Å². The SMILES string of the molecule is O=C1NN=C2CS(=O)(=O)CC12NO. The second-order valence-electron chi connectivity index (χ2n) is 3.05. The average Bonchev–Trinajstić information content (AvgIpc) is 2.46. The quantitative estimate of drug-likeness (QED) is 0.414. The van der Waals surface area contributed by atoms with Crippen molar-refractivity contribution in [2.24, 2.45) is 5.10 Å². The Morgan fingerprint density at radius 2 is 2.31 bits per heavy atom. The number of amides is 1. The summed E-state index contributed by atoms with van der Waals surface area (Å²) in [6, 6.07) is 0. The predicted molar refractivity (Wildman–Crippen MR) is 41.9 cm³/mol. The molecule has 2 rings (SSSR count). The van der Waals surface area contributed by atoms with Crippen molar-refractivity contribution in [2.75, 3.05) is 11.5 Å². The Kier molecular flexibility index (Phi) is 1.51. The van der Waals surface area contributed by atoms with Crippen LogP contribution in [0.15, 0.2) is 5.10 Å². The first-order valence-electron chi connectivity index (χ1n) is 3.49. The number of nitrogens with one attached hydrogen (secondary N) is 2. The van der Waals surface area contributed by atoms with Gasteiger partial charge in [-0.15, -0.1) is 0 Å². The highest BCUT2D eigenvalue weighted by atomic mass is 32.2. The minimum absolute atomic E-state index is 0.125. The molecule has 1 fully saturated rings. The van der Waals surface area contributed by atoms with E-state index in [2.05, 4.69) is 10.5 Å². The lowest BCUT2D eigenvalue weighted by molar-refractivity contribution is -0.126. The number of carbonyl (C=O) groups is 1. The molecule has 0 bridgehead atoms. The summed E-state index contributed by atoms with van der Waals surface area (Å²) in [6.07, 6.45) is 0. The molecule has 7 nitrogen and oxygen atoms in total. The lowest BCUT2D eigenvalue weighted by Crippen LogP contribution is -2.56. The van der Waals surface area contributed by atoms with E-state index in [9.17, 15) is 13.2 Å². The summed E-state index contributed by atoms with van der Waals surface area (Å²) in [7, 11) is -3.32. The first kappa shape index (κ1) is 8.60. The smallest absolute Gasteiger partial charge is 0.269 e. The first-order valence-corrected chi connectivity index (χ1v) is 5.31. The fourth-order valence-electron chi connectivity index (χ4n) is 1.48. The Hall–Kier alpha value is -0.990. The third kappa shape index (κ3) is 0.992. The van der Waals surface area contributed by atoms with Gasteiger partial charge in [0.1, 0.15) is 0 Å². The van der Waals surface area contributed by atoms with Crippen molar-refractivity contribution in [1.82, 2.24) is 10.9 Å². The van der Waals surface area contributed by atoms with Crippen molar-refractivity contribution in [3.05, 3.63) is 0 Å². The largest absolute Gasteiger partial charge is 0.315 e. The van der Waals surface area contributed by atoms with Crippen LogP contribution in [0.3, 0.4) is 0 Å². The van der Waals surface area contributed by atoms with Gasteiger partial charge in [0.05, 0.1) is 17.2 Å². The normalized spacial score (nSPS) is 35.5. The van der Waals surface area contributed by atoms with E-state index in [-0.39, 0.29) is 11.5 Å². The van der Waals surface area contributed by atoms with Gasteiger partial charge in [-0.05, 0) is 0 Å². The number of fused-ring (bicyclic) bond motifs is 1. The van der Waals surface area contributed by atoms with Gasteiger partial charge in [0.2, 0.25) is 0 Å². The van der Waals surface area contributed by atoms with Crippen molar-refractivity contribution in [1.29, 1.82) is 0 Å². The average molecular weight is 205 g/mol. The van der Waals surface area contributed by atoms with Crippen LogP contribution >= 0.6 is 0 Å². The second kappa shape index (κ2) is 2.28. The zero-order chi connectivity index (χ0) is 9.69. The number of hydroxylamine groups is 1. The number of hydrazone groups is 1. The van der Waals surface area contributed by atoms with Crippen LogP contribution in [-0.2, 0) is 14.6 Å². The number of hydrogen-bond acceptors (Lipinski definition) is 6. The lowest BCUT2D eigenvalue weighted by atomic mass is 9.99. The highest BCUT2D eigenvalue weighted by Crippen LogP contribution is 2.24. The highest BCUT2D eigenvalue weighted by molar-refractivity contribution is 7.92. The van der Waals surface area contributed by atoms with Crippen molar-refractivity contribution < 1.29 is 18.4 Å². The third-order valence-corrected chi connectivity index (χ3v) is 3.74. The zero-order valence-electron chi connectivity index (χ0n) is 6.44. The minimum Gasteiger partial charge on any atom is -0.315 e. The molecule has 1 amide bonds. The van der Waals surface area contributed by atoms with E-state index < -0.39 is 27.0 Å². The molecule has 0 aromatic heterocycles. The molecule has 0 spiro atoms. The topological polar surface area (TPSA) is 108 Å². The van der Waals surface area contributed by atoms with Crippen molar-refractivity contribution in [3.8, 4) is 0 Å². The predicted octanol–water partition coefficient (Wildman–Crippen LogP) is -2.38. The Labute approximate surface area is 73.7 Å². The molecule has 0 aromatic rings. The minimum atomic E-state index is -3.32. The Morgan fingerprint density at radius 1 is 1.62 bits per heavy atom. The van der Waals surface area contributed by atoms with Gasteiger partial charge in [-0.1, -0.05) is 0 Å². The number of hydrogen-bond donors (Lipinski definition) is 3. The van der Waals surface area contributed by atoms with Gasteiger partial charge >= 0.3 is 0 Å². The van der Waals surface area contributed by atoms with E-state index in [1.807, 2.05) is 0 Å². The van der Waals surface area contributed by atoms with Crippen LogP contribution in [0, 0.1) is 0 Å². The molecule has 0 aromatic carbocycles. The third-order valence-electron chi connectivity index (χ3n) is 2.16. The molecular formula is C5H7N3O4S. The molecule has 13 heavy (non-hydrogen) atoms. The molecule has 3 N–H and O–H groups in total. The standard InChI is InChI=1S/C5H7N3O4S/c9-4-5(8-10)2-13(11,12)1-3(5)6-7-4/h8,10H,1-2H2,(H,7,9). The number of nitrogens with zero attached hydrogens (tertiary/aromatic N) is 1. The summed E-state index contributed by atoms with van der Waals surface area (Å²) >= 11 is 0. The Morgan fingerprint density at radius 3 is 2.85 bits per heavy atom. The molecule has 1 atom stereocenters. The number of carbonyl (C=O) groups excluding carboxylic acids is 1. The first-order chi connectivity index (χ1) is 6.00. The van der Waals surface area contributed by atoms with Gasteiger partial charge in [0.25, 0.3) is 5.91 Å². The molecule has 0 saturated carbocycles. The maximum atomic E-state index is 11.2. The van der Waals surface area contributed by atoms with Crippen LogP contribution in [0.4, 0.5) is 0 Å². The van der Waals surface area contributed by atoms with Gasteiger partial charge in [-0.2, -0.15) is 10.6 Å². The molecule has 1 unspecified atom stereocenters. The molecule has 72 valence electrons. The Balaban J connectivity index is 2.52.